The molecular formula is C32H27BrN2O4S. The van der Waals surface area contributed by atoms with Crippen LogP contribution in [0.1, 0.15) is 34.7 Å². The summed E-state index contributed by atoms with van der Waals surface area (Å²) in [6.07, 6.45) is 5.27. The van der Waals surface area contributed by atoms with Crippen LogP contribution in [0.15, 0.2) is 93.2 Å². The lowest BCUT2D eigenvalue weighted by molar-refractivity contribution is 0.324. The zero-order chi connectivity index (χ0) is 27.8. The first-order valence-corrected chi connectivity index (χ1v) is 14.5. The van der Waals surface area contributed by atoms with Gasteiger partial charge in [0.1, 0.15) is 12.4 Å². The third kappa shape index (κ3) is 4.51. The highest BCUT2D eigenvalue weighted by Crippen LogP contribution is 2.43. The maximum Gasteiger partial charge on any atom is 0.271 e. The van der Waals surface area contributed by atoms with Crippen molar-refractivity contribution in [3.05, 3.63) is 125 Å². The van der Waals surface area contributed by atoms with Gasteiger partial charge in [-0.05, 0) is 69.7 Å². The molecule has 6 rings (SSSR count). The van der Waals surface area contributed by atoms with Crippen LogP contribution < -0.4 is 29.1 Å². The number of rotatable bonds is 7. The van der Waals surface area contributed by atoms with Gasteiger partial charge in [-0.1, -0.05) is 66.5 Å². The minimum Gasteiger partial charge on any atom is -0.496 e. The van der Waals surface area contributed by atoms with Crippen molar-refractivity contribution in [2.75, 3.05) is 20.8 Å². The Balaban J connectivity index is 1.57. The summed E-state index contributed by atoms with van der Waals surface area (Å²) in [6, 6.07) is 19.8. The molecule has 1 aliphatic heterocycles. The summed E-state index contributed by atoms with van der Waals surface area (Å²) in [7, 11) is 3.26. The average Bonchev–Trinajstić information content (AvgIpc) is 3.29. The largest absolute Gasteiger partial charge is 0.496 e. The van der Waals surface area contributed by atoms with Crippen LogP contribution in [0.4, 0.5) is 0 Å². The molecule has 0 N–H and O–H groups in total. The van der Waals surface area contributed by atoms with Crippen LogP contribution in [0, 0.1) is 0 Å². The summed E-state index contributed by atoms with van der Waals surface area (Å²) in [5.41, 5.74) is 6.17. The molecule has 4 aromatic rings. The quantitative estimate of drug-likeness (QED) is 0.252. The third-order valence-electron chi connectivity index (χ3n) is 7.20. The standard InChI is InChI=1S/C32H27BrN2O4S/c1-4-15-39-30-24(33)16-19(17-26(30)38-3)18-27-31(36)35-29(22-11-7-8-12-25(22)37-2)23-14-13-20-9-5-6-10-21(20)28(23)34-32(35)40-27/h4-12,16-18,29H,1,13-15H2,2-3H3/b27-18-/t29-/m1/s1. The van der Waals surface area contributed by atoms with Crippen molar-refractivity contribution in [2.45, 2.75) is 18.9 Å². The Bertz CT molecular complexity index is 1850. The lowest BCUT2D eigenvalue weighted by atomic mass is 9.83. The topological polar surface area (TPSA) is 62.0 Å². The highest BCUT2D eigenvalue weighted by Gasteiger charge is 2.34. The predicted molar refractivity (Wildman–Crippen MR) is 162 cm³/mol. The van der Waals surface area contributed by atoms with Crippen LogP contribution in [0.5, 0.6) is 17.2 Å². The van der Waals surface area contributed by atoms with Gasteiger partial charge in [-0.15, -0.1) is 0 Å². The van der Waals surface area contributed by atoms with E-state index in [9.17, 15) is 4.79 Å². The number of allylic oxidation sites excluding steroid dienone is 1. The van der Waals surface area contributed by atoms with Crippen molar-refractivity contribution in [1.82, 2.24) is 4.57 Å². The summed E-state index contributed by atoms with van der Waals surface area (Å²) in [5.74, 6) is 1.90. The first kappa shape index (κ1) is 26.3. The molecule has 8 heteroatoms. The van der Waals surface area contributed by atoms with Gasteiger partial charge in [0.05, 0.1) is 35.0 Å². The highest BCUT2D eigenvalue weighted by atomic mass is 79.9. The average molecular weight is 616 g/mol. The second kappa shape index (κ2) is 10.9. The molecule has 0 amide bonds. The van der Waals surface area contributed by atoms with E-state index in [-0.39, 0.29) is 11.6 Å². The van der Waals surface area contributed by atoms with Gasteiger partial charge >= 0.3 is 0 Å². The molecule has 2 aliphatic rings. The third-order valence-corrected chi connectivity index (χ3v) is 8.77. The molecule has 0 fully saturated rings. The molecule has 6 nitrogen and oxygen atoms in total. The number of aryl methyl sites for hydroxylation is 1. The number of aromatic nitrogens is 1. The number of thiazole rings is 1. The van der Waals surface area contributed by atoms with Crippen molar-refractivity contribution in [3.63, 3.8) is 0 Å². The minimum absolute atomic E-state index is 0.0906. The summed E-state index contributed by atoms with van der Waals surface area (Å²) in [6.45, 7) is 4.06. The van der Waals surface area contributed by atoms with E-state index in [0.717, 1.165) is 51.0 Å². The molecule has 1 atom stereocenters. The second-order valence-corrected chi connectivity index (χ2v) is 11.4. The summed E-state index contributed by atoms with van der Waals surface area (Å²) < 4.78 is 20.3. The fourth-order valence-corrected chi connectivity index (χ4v) is 7.02. The number of ether oxygens (including phenoxy) is 3. The molecule has 0 saturated heterocycles. The molecule has 202 valence electrons. The Morgan fingerprint density at radius 3 is 2.65 bits per heavy atom. The molecule has 3 aromatic carbocycles. The van der Waals surface area contributed by atoms with E-state index in [2.05, 4.69) is 40.7 Å². The number of hydrogen-bond acceptors (Lipinski definition) is 6. The van der Waals surface area contributed by atoms with Crippen LogP contribution in [0.25, 0.3) is 11.8 Å². The van der Waals surface area contributed by atoms with Crippen LogP contribution in [-0.4, -0.2) is 25.4 Å². The Hall–Kier alpha value is -3.88. The van der Waals surface area contributed by atoms with E-state index < -0.39 is 0 Å². The van der Waals surface area contributed by atoms with Crippen molar-refractivity contribution < 1.29 is 14.2 Å². The number of benzene rings is 3. The van der Waals surface area contributed by atoms with E-state index in [4.69, 9.17) is 19.2 Å². The first-order valence-electron chi connectivity index (χ1n) is 12.9. The predicted octanol–water partition coefficient (Wildman–Crippen LogP) is 5.66. The number of nitrogens with zero attached hydrogens (tertiary/aromatic N) is 2. The smallest absolute Gasteiger partial charge is 0.271 e. The van der Waals surface area contributed by atoms with Gasteiger partial charge in [-0.2, -0.15) is 0 Å². The Labute approximate surface area is 244 Å². The van der Waals surface area contributed by atoms with E-state index in [1.54, 1.807) is 20.3 Å². The van der Waals surface area contributed by atoms with Crippen LogP contribution in [0.2, 0.25) is 0 Å². The summed E-state index contributed by atoms with van der Waals surface area (Å²) >= 11 is 4.98. The number of hydrogen-bond donors (Lipinski definition) is 0. The molecular weight excluding hydrogens is 588 g/mol. The number of methoxy groups -OCH3 is 2. The second-order valence-electron chi connectivity index (χ2n) is 9.49. The zero-order valence-electron chi connectivity index (χ0n) is 22.1. The maximum absolute atomic E-state index is 14.1. The fraction of sp³-hybridized carbons (Fsp3) is 0.188. The molecule has 2 heterocycles. The monoisotopic (exact) mass is 614 g/mol. The number of fused-ring (bicyclic) bond motifs is 3. The number of para-hydroxylation sites is 1. The van der Waals surface area contributed by atoms with Gasteiger partial charge < -0.3 is 14.2 Å². The maximum atomic E-state index is 14.1. The Morgan fingerprint density at radius 2 is 1.85 bits per heavy atom. The van der Waals surface area contributed by atoms with Crippen LogP contribution in [-0.2, 0) is 6.42 Å². The molecule has 40 heavy (non-hydrogen) atoms. The van der Waals surface area contributed by atoms with Gasteiger partial charge in [0, 0.05) is 11.1 Å². The van der Waals surface area contributed by atoms with E-state index >= 15 is 0 Å². The SMILES string of the molecule is C=CCOc1c(Br)cc(/C=c2\sc3n(c2=O)[C@H](c2ccccc2OC)C2=C(N=3)c3ccccc3CC2)cc1OC. The fourth-order valence-electron chi connectivity index (χ4n) is 5.45. The lowest BCUT2D eigenvalue weighted by Gasteiger charge is -2.31. The molecule has 0 radical (unpaired) electrons. The Kier molecular flexibility index (Phi) is 7.21. The summed E-state index contributed by atoms with van der Waals surface area (Å²) in [4.78, 5) is 19.9. The molecule has 0 spiro atoms. The molecule has 1 aliphatic carbocycles. The van der Waals surface area contributed by atoms with Crippen molar-refractivity contribution >= 4 is 39.0 Å². The van der Waals surface area contributed by atoms with Crippen LogP contribution in [0.3, 0.4) is 0 Å². The number of halogens is 1. The van der Waals surface area contributed by atoms with Gasteiger partial charge in [0.2, 0.25) is 0 Å². The van der Waals surface area contributed by atoms with E-state index in [1.165, 1.54) is 16.9 Å². The first-order chi connectivity index (χ1) is 19.5. The van der Waals surface area contributed by atoms with Gasteiger partial charge in [-0.25, -0.2) is 4.99 Å². The van der Waals surface area contributed by atoms with Crippen LogP contribution >= 0.6 is 27.3 Å². The van der Waals surface area contributed by atoms with Crippen molar-refractivity contribution in [1.29, 1.82) is 0 Å². The highest BCUT2D eigenvalue weighted by molar-refractivity contribution is 9.10. The lowest BCUT2D eigenvalue weighted by Crippen LogP contribution is -2.39. The Morgan fingerprint density at radius 1 is 1.07 bits per heavy atom. The van der Waals surface area contributed by atoms with E-state index in [0.29, 0.717) is 27.4 Å². The molecule has 0 saturated carbocycles. The van der Waals surface area contributed by atoms with Gasteiger partial charge in [0.25, 0.3) is 5.56 Å². The molecule has 0 unspecified atom stereocenters. The molecule has 1 aromatic heterocycles. The zero-order valence-corrected chi connectivity index (χ0v) is 24.6. The summed E-state index contributed by atoms with van der Waals surface area (Å²) in [5, 5.41) is 0. The van der Waals surface area contributed by atoms with E-state index in [1.807, 2.05) is 53.1 Å². The van der Waals surface area contributed by atoms with Gasteiger partial charge in [0.15, 0.2) is 16.3 Å². The van der Waals surface area contributed by atoms with Crippen molar-refractivity contribution in [3.8, 4) is 17.2 Å². The van der Waals surface area contributed by atoms with Crippen molar-refractivity contribution in [2.24, 2.45) is 4.99 Å². The molecule has 0 bridgehead atoms. The van der Waals surface area contributed by atoms with Gasteiger partial charge in [-0.3, -0.25) is 9.36 Å². The normalized spacial score (nSPS) is 16.0. The minimum atomic E-state index is -0.311.